The van der Waals surface area contributed by atoms with Crippen LogP contribution in [0.3, 0.4) is 0 Å². The van der Waals surface area contributed by atoms with E-state index in [4.69, 9.17) is 15.0 Å². The fourth-order valence-electron chi connectivity index (χ4n) is 7.55. The van der Waals surface area contributed by atoms with Crippen molar-refractivity contribution in [3.63, 3.8) is 0 Å². The molecule has 258 valence electrons. The second kappa shape index (κ2) is 13.8. The van der Waals surface area contributed by atoms with Gasteiger partial charge in [-0.3, -0.25) is 0 Å². The zero-order chi connectivity index (χ0) is 36.6. The van der Waals surface area contributed by atoms with Crippen molar-refractivity contribution in [2.24, 2.45) is 0 Å². The van der Waals surface area contributed by atoms with Gasteiger partial charge in [0.2, 0.25) is 0 Å². The lowest BCUT2D eigenvalue weighted by atomic mass is 10.0. The van der Waals surface area contributed by atoms with Crippen molar-refractivity contribution in [1.82, 2.24) is 19.5 Å². The minimum absolute atomic E-state index is 0.612. The maximum atomic E-state index is 5.18. The lowest BCUT2D eigenvalue weighted by molar-refractivity contribution is 1.07. The number of aromatic nitrogens is 4. The fraction of sp³-hybridized carbons (Fsp3) is 0. The highest BCUT2D eigenvalue weighted by Gasteiger charge is 2.19. The SMILES string of the molecule is c1ccc(-c2ccc(-c3nc(-c4ccc(-c5ccccc5)cc4)nc(-c4ccc(-c5ccccc5)c(-n5c6ccccc6c6ccccc65)c4)n3)cc2)cc1. The number of para-hydroxylation sites is 2. The molecule has 0 radical (unpaired) electrons. The Labute approximate surface area is 319 Å². The highest BCUT2D eigenvalue weighted by molar-refractivity contribution is 6.09. The molecule has 0 saturated heterocycles. The van der Waals surface area contributed by atoms with Crippen molar-refractivity contribution >= 4 is 21.8 Å². The molecule has 10 aromatic rings. The first kappa shape index (κ1) is 32.2. The van der Waals surface area contributed by atoms with Crippen LogP contribution in [0.4, 0.5) is 0 Å². The summed E-state index contributed by atoms with van der Waals surface area (Å²) in [6.07, 6.45) is 0. The number of benzene rings is 8. The lowest BCUT2D eigenvalue weighted by Crippen LogP contribution is -2.02. The van der Waals surface area contributed by atoms with Crippen molar-refractivity contribution in [3.05, 3.63) is 206 Å². The largest absolute Gasteiger partial charge is 0.309 e. The summed E-state index contributed by atoms with van der Waals surface area (Å²) in [7, 11) is 0. The summed E-state index contributed by atoms with van der Waals surface area (Å²) >= 11 is 0. The van der Waals surface area contributed by atoms with Gasteiger partial charge in [-0.25, -0.2) is 15.0 Å². The standard InChI is InChI=1S/C51H34N4/c1-4-14-35(15-5-1)37-24-28-40(29-25-37)49-52-50(41-30-26-38(27-31-41)36-16-6-2-7-17-36)54-51(53-49)42-32-33-43(39-18-8-3-9-19-39)48(34-42)55-46-22-12-10-20-44(46)45-21-11-13-23-47(45)55/h1-34H. The molecule has 2 heterocycles. The van der Waals surface area contributed by atoms with Gasteiger partial charge in [0.25, 0.3) is 0 Å². The van der Waals surface area contributed by atoms with Gasteiger partial charge in [-0.15, -0.1) is 0 Å². The number of nitrogens with zero attached hydrogens (tertiary/aromatic N) is 4. The van der Waals surface area contributed by atoms with Crippen LogP contribution >= 0.6 is 0 Å². The average molecular weight is 703 g/mol. The molecule has 0 bridgehead atoms. The number of hydrogen-bond donors (Lipinski definition) is 0. The van der Waals surface area contributed by atoms with Crippen LogP contribution in [0.25, 0.3) is 95.0 Å². The third-order valence-electron chi connectivity index (χ3n) is 10.3. The summed E-state index contributed by atoms with van der Waals surface area (Å²) in [6.45, 7) is 0. The molecule has 55 heavy (non-hydrogen) atoms. The molecular formula is C51H34N4. The van der Waals surface area contributed by atoms with E-state index in [0.717, 1.165) is 55.7 Å². The topological polar surface area (TPSA) is 43.6 Å². The van der Waals surface area contributed by atoms with E-state index in [0.29, 0.717) is 17.5 Å². The molecule has 0 saturated carbocycles. The third-order valence-corrected chi connectivity index (χ3v) is 10.3. The second-order valence-electron chi connectivity index (χ2n) is 13.7. The summed E-state index contributed by atoms with van der Waals surface area (Å²) < 4.78 is 2.38. The third kappa shape index (κ3) is 6.06. The van der Waals surface area contributed by atoms with Gasteiger partial charge in [-0.1, -0.05) is 188 Å². The summed E-state index contributed by atoms with van der Waals surface area (Å²) in [6, 6.07) is 72.2. The average Bonchev–Trinajstić information content (AvgIpc) is 3.61. The first-order valence-corrected chi connectivity index (χ1v) is 18.5. The van der Waals surface area contributed by atoms with Gasteiger partial charge in [0.1, 0.15) is 0 Å². The molecule has 0 aliphatic heterocycles. The minimum Gasteiger partial charge on any atom is -0.309 e. The number of rotatable bonds is 7. The normalized spacial score (nSPS) is 11.3. The van der Waals surface area contributed by atoms with Crippen LogP contribution in [0, 0.1) is 0 Å². The Bertz CT molecular complexity index is 2780. The molecule has 0 spiro atoms. The zero-order valence-corrected chi connectivity index (χ0v) is 29.9. The Morgan fingerprint density at radius 2 is 0.618 bits per heavy atom. The smallest absolute Gasteiger partial charge is 0.164 e. The highest BCUT2D eigenvalue weighted by atomic mass is 15.0. The van der Waals surface area contributed by atoms with E-state index < -0.39 is 0 Å². The molecule has 0 amide bonds. The van der Waals surface area contributed by atoms with Crippen LogP contribution in [0.5, 0.6) is 0 Å². The Morgan fingerprint density at radius 3 is 1.09 bits per heavy atom. The van der Waals surface area contributed by atoms with Crippen LogP contribution in [-0.4, -0.2) is 19.5 Å². The number of fused-ring (bicyclic) bond motifs is 3. The molecule has 4 heteroatoms. The first-order valence-electron chi connectivity index (χ1n) is 18.5. The van der Waals surface area contributed by atoms with Gasteiger partial charge in [-0.2, -0.15) is 0 Å². The van der Waals surface area contributed by atoms with Crippen molar-refractivity contribution in [3.8, 4) is 73.2 Å². The van der Waals surface area contributed by atoms with Crippen LogP contribution in [0.1, 0.15) is 0 Å². The molecule has 0 N–H and O–H groups in total. The summed E-state index contributed by atoms with van der Waals surface area (Å²) in [5, 5.41) is 2.43. The van der Waals surface area contributed by atoms with E-state index >= 15 is 0 Å². The molecule has 2 aromatic heterocycles. The molecule has 10 rings (SSSR count). The van der Waals surface area contributed by atoms with Crippen LogP contribution in [-0.2, 0) is 0 Å². The molecular weight excluding hydrogens is 669 g/mol. The molecule has 0 aliphatic rings. The Kier molecular flexibility index (Phi) is 8.12. The lowest BCUT2D eigenvalue weighted by Gasteiger charge is -2.16. The Morgan fingerprint density at radius 1 is 0.273 bits per heavy atom. The van der Waals surface area contributed by atoms with E-state index in [1.807, 2.05) is 12.1 Å². The monoisotopic (exact) mass is 702 g/mol. The van der Waals surface area contributed by atoms with Crippen LogP contribution in [0.2, 0.25) is 0 Å². The molecule has 0 fully saturated rings. The van der Waals surface area contributed by atoms with Gasteiger partial charge < -0.3 is 4.57 Å². The van der Waals surface area contributed by atoms with E-state index in [-0.39, 0.29) is 0 Å². The maximum absolute atomic E-state index is 5.18. The van der Waals surface area contributed by atoms with Gasteiger partial charge in [0, 0.05) is 33.0 Å². The van der Waals surface area contributed by atoms with Crippen molar-refractivity contribution in [2.45, 2.75) is 0 Å². The van der Waals surface area contributed by atoms with E-state index in [2.05, 4.69) is 199 Å². The summed E-state index contributed by atoms with van der Waals surface area (Å²) in [5.41, 5.74) is 13.0. The molecule has 0 atom stereocenters. The Balaban J connectivity index is 1.16. The predicted molar refractivity (Wildman–Crippen MR) is 227 cm³/mol. The van der Waals surface area contributed by atoms with Crippen molar-refractivity contribution in [2.75, 3.05) is 0 Å². The maximum Gasteiger partial charge on any atom is 0.164 e. The van der Waals surface area contributed by atoms with Crippen LogP contribution < -0.4 is 0 Å². The number of hydrogen-bond acceptors (Lipinski definition) is 3. The van der Waals surface area contributed by atoms with Crippen LogP contribution in [0.15, 0.2) is 206 Å². The quantitative estimate of drug-likeness (QED) is 0.166. The second-order valence-corrected chi connectivity index (χ2v) is 13.7. The van der Waals surface area contributed by atoms with E-state index in [1.165, 1.54) is 21.9 Å². The van der Waals surface area contributed by atoms with E-state index in [9.17, 15) is 0 Å². The van der Waals surface area contributed by atoms with Crippen molar-refractivity contribution in [1.29, 1.82) is 0 Å². The summed E-state index contributed by atoms with van der Waals surface area (Å²) in [5.74, 6) is 1.86. The minimum atomic E-state index is 0.612. The summed E-state index contributed by atoms with van der Waals surface area (Å²) in [4.78, 5) is 15.5. The van der Waals surface area contributed by atoms with E-state index in [1.54, 1.807) is 0 Å². The molecule has 0 aliphatic carbocycles. The first-order chi connectivity index (χ1) is 27.3. The molecule has 4 nitrogen and oxygen atoms in total. The fourth-order valence-corrected chi connectivity index (χ4v) is 7.55. The van der Waals surface area contributed by atoms with Crippen molar-refractivity contribution < 1.29 is 0 Å². The highest BCUT2D eigenvalue weighted by Crippen LogP contribution is 2.38. The molecule has 0 unspecified atom stereocenters. The van der Waals surface area contributed by atoms with Gasteiger partial charge in [0.05, 0.1) is 16.7 Å². The van der Waals surface area contributed by atoms with Gasteiger partial charge in [-0.05, 0) is 46.0 Å². The Hall–Kier alpha value is -7.43. The van der Waals surface area contributed by atoms with Gasteiger partial charge in [0.15, 0.2) is 17.5 Å². The molecule has 8 aromatic carbocycles. The predicted octanol–water partition coefficient (Wildman–Crippen LogP) is 13.0. The zero-order valence-electron chi connectivity index (χ0n) is 29.9. The van der Waals surface area contributed by atoms with Gasteiger partial charge >= 0.3 is 0 Å².